The molecule has 0 saturated carbocycles. The van der Waals surface area contributed by atoms with Gasteiger partial charge in [-0.3, -0.25) is 0 Å². The summed E-state index contributed by atoms with van der Waals surface area (Å²) in [6.07, 6.45) is 3.25. The fraction of sp³-hybridized carbons (Fsp3) is 0.154. The summed E-state index contributed by atoms with van der Waals surface area (Å²) < 4.78 is 51.3. The summed E-state index contributed by atoms with van der Waals surface area (Å²) in [7, 11) is -5.51. The fourth-order valence-electron chi connectivity index (χ4n) is 1.92. The van der Waals surface area contributed by atoms with Crippen molar-refractivity contribution in [2.24, 2.45) is 0 Å². The molecule has 25 heavy (non-hydrogen) atoms. The van der Waals surface area contributed by atoms with Gasteiger partial charge in [0, 0.05) is 25.9 Å². The molecule has 2 heterocycles. The molecule has 0 bridgehead atoms. The summed E-state index contributed by atoms with van der Waals surface area (Å²) in [5.74, 6) is 0. The molecule has 0 fully saturated rings. The van der Waals surface area contributed by atoms with Crippen molar-refractivity contribution in [3.05, 3.63) is 49.2 Å². The Hall–Kier alpha value is -2.57. The van der Waals surface area contributed by atoms with E-state index in [4.69, 9.17) is 0 Å². The standard InChI is InChI=1S/C13H14N6O4S2/c1-17(2)25(22,23)19-10-15-13(16-19)24(20,21)18-8-12(14-9-18)11-6-4-3-5-7-11/h3-10H,1-2H3. The normalized spacial score (nSPS) is 12.6. The number of hydrogen-bond acceptors (Lipinski definition) is 7. The molecule has 0 aliphatic rings. The number of rotatable bonds is 5. The molecule has 2 aromatic heterocycles. The minimum Gasteiger partial charge on any atom is -0.236 e. The first-order valence-corrected chi connectivity index (χ1v) is 9.76. The van der Waals surface area contributed by atoms with Gasteiger partial charge in [-0.25, -0.2) is 13.9 Å². The molecule has 0 saturated heterocycles. The first kappa shape index (κ1) is 17.3. The molecule has 0 spiro atoms. The third-order valence-corrected chi connectivity index (χ3v) is 6.26. The van der Waals surface area contributed by atoms with Crippen molar-refractivity contribution in [2.45, 2.75) is 5.16 Å². The van der Waals surface area contributed by atoms with Crippen molar-refractivity contribution in [3.63, 3.8) is 0 Å². The highest BCUT2D eigenvalue weighted by Gasteiger charge is 2.26. The van der Waals surface area contributed by atoms with Crippen LogP contribution in [0.4, 0.5) is 0 Å². The number of aromatic nitrogens is 5. The number of imidazole rings is 1. The first-order chi connectivity index (χ1) is 11.7. The van der Waals surface area contributed by atoms with Gasteiger partial charge in [0.2, 0.25) is 0 Å². The van der Waals surface area contributed by atoms with Crippen molar-refractivity contribution in [1.82, 2.24) is 27.4 Å². The lowest BCUT2D eigenvalue weighted by molar-refractivity contribution is 0.502. The molecule has 0 unspecified atom stereocenters. The van der Waals surface area contributed by atoms with Crippen molar-refractivity contribution >= 4 is 20.2 Å². The van der Waals surface area contributed by atoms with Crippen LogP contribution in [0.2, 0.25) is 0 Å². The Morgan fingerprint density at radius 2 is 1.64 bits per heavy atom. The topological polar surface area (TPSA) is 120 Å². The van der Waals surface area contributed by atoms with Gasteiger partial charge in [-0.1, -0.05) is 30.3 Å². The monoisotopic (exact) mass is 382 g/mol. The van der Waals surface area contributed by atoms with Crippen LogP contribution in [0.5, 0.6) is 0 Å². The van der Waals surface area contributed by atoms with E-state index < -0.39 is 25.4 Å². The molecule has 1 aromatic carbocycles. The van der Waals surface area contributed by atoms with E-state index in [-0.39, 0.29) is 0 Å². The van der Waals surface area contributed by atoms with E-state index in [0.717, 1.165) is 26.5 Å². The lowest BCUT2D eigenvalue weighted by Crippen LogP contribution is -2.29. The zero-order valence-corrected chi connectivity index (χ0v) is 14.9. The summed E-state index contributed by atoms with van der Waals surface area (Å²) >= 11 is 0. The molecule has 3 rings (SSSR count). The minimum atomic E-state index is -4.16. The van der Waals surface area contributed by atoms with Crippen LogP contribution in [0, 0.1) is 0 Å². The van der Waals surface area contributed by atoms with Crippen molar-refractivity contribution < 1.29 is 16.8 Å². The zero-order valence-electron chi connectivity index (χ0n) is 13.3. The minimum absolute atomic E-state index is 0.449. The summed E-state index contributed by atoms with van der Waals surface area (Å²) in [5, 5.41) is 2.93. The van der Waals surface area contributed by atoms with Crippen LogP contribution in [-0.2, 0) is 20.2 Å². The van der Waals surface area contributed by atoms with Gasteiger partial charge in [0.1, 0.15) is 12.7 Å². The number of hydrogen-bond donors (Lipinski definition) is 0. The fourth-order valence-corrected chi connectivity index (χ4v) is 3.62. The Kier molecular flexibility index (Phi) is 4.18. The van der Waals surface area contributed by atoms with Crippen LogP contribution >= 0.6 is 0 Å². The molecule has 12 heteroatoms. The Balaban J connectivity index is 1.99. The second-order valence-electron chi connectivity index (χ2n) is 5.15. The quantitative estimate of drug-likeness (QED) is 0.610. The van der Waals surface area contributed by atoms with E-state index in [1.807, 2.05) is 6.07 Å². The molecule has 0 N–H and O–H groups in total. The Labute approximate surface area is 144 Å². The van der Waals surface area contributed by atoms with E-state index >= 15 is 0 Å². The molecule has 3 aromatic rings. The maximum absolute atomic E-state index is 12.6. The summed E-state index contributed by atoms with van der Waals surface area (Å²) in [6.45, 7) is 0. The smallest absolute Gasteiger partial charge is 0.236 e. The summed E-state index contributed by atoms with van der Waals surface area (Å²) in [6, 6.07) is 9.02. The molecule has 0 radical (unpaired) electrons. The van der Waals surface area contributed by atoms with E-state index in [9.17, 15) is 16.8 Å². The largest absolute Gasteiger partial charge is 0.323 e. The highest BCUT2D eigenvalue weighted by molar-refractivity contribution is 7.89. The lowest BCUT2D eigenvalue weighted by Gasteiger charge is -2.09. The molecule has 0 atom stereocenters. The van der Waals surface area contributed by atoms with Crippen LogP contribution in [0.1, 0.15) is 0 Å². The van der Waals surface area contributed by atoms with Crippen LogP contribution in [0.15, 0.2) is 54.3 Å². The second-order valence-corrected chi connectivity index (χ2v) is 8.89. The molecular formula is C13H14N6O4S2. The van der Waals surface area contributed by atoms with Crippen LogP contribution < -0.4 is 0 Å². The van der Waals surface area contributed by atoms with Gasteiger partial charge in [0.15, 0.2) is 0 Å². The third-order valence-electron chi connectivity index (χ3n) is 3.29. The highest BCUT2D eigenvalue weighted by atomic mass is 32.2. The Bertz CT molecular complexity index is 1100. The van der Waals surface area contributed by atoms with Crippen LogP contribution in [0.25, 0.3) is 11.3 Å². The summed E-state index contributed by atoms with van der Waals surface area (Å²) in [4.78, 5) is 7.66. The van der Waals surface area contributed by atoms with Gasteiger partial charge in [0.25, 0.3) is 5.16 Å². The molecule has 0 amide bonds. The maximum Gasteiger partial charge on any atom is 0.323 e. The molecule has 132 valence electrons. The molecule has 0 aliphatic carbocycles. The first-order valence-electron chi connectivity index (χ1n) is 6.92. The predicted molar refractivity (Wildman–Crippen MR) is 88.3 cm³/mol. The summed E-state index contributed by atoms with van der Waals surface area (Å²) in [5.41, 5.74) is 1.19. The van der Waals surface area contributed by atoms with Gasteiger partial charge < -0.3 is 0 Å². The second kappa shape index (κ2) is 6.06. The van der Waals surface area contributed by atoms with E-state index in [0.29, 0.717) is 9.78 Å². The average Bonchev–Trinajstić information content (AvgIpc) is 3.26. The number of nitrogens with zero attached hydrogens (tertiary/aromatic N) is 6. The van der Waals surface area contributed by atoms with Crippen LogP contribution in [-0.4, -0.2) is 58.4 Å². The van der Waals surface area contributed by atoms with E-state index in [1.165, 1.54) is 20.3 Å². The Morgan fingerprint density at radius 3 is 2.28 bits per heavy atom. The average molecular weight is 382 g/mol. The van der Waals surface area contributed by atoms with Gasteiger partial charge in [-0.05, 0) is 0 Å². The maximum atomic E-state index is 12.6. The number of benzene rings is 1. The molecule has 10 nitrogen and oxygen atoms in total. The van der Waals surface area contributed by atoms with E-state index in [2.05, 4.69) is 15.1 Å². The van der Waals surface area contributed by atoms with Gasteiger partial charge in [-0.2, -0.15) is 21.1 Å². The van der Waals surface area contributed by atoms with Crippen molar-refractivity contribution in [3.8, 4) is 11.3 Å². The highest BCUT2D eigenvalue weighted by Crippen LogP contribution is 2.18. The van der Waals surface area contributed by atoms with Crippen LogP contribution in [0.3, 0.4) is 0 Å². The third kappa shape index (κ3) is 3.06. The molecule has 0 aliphatic heterocycles. The lowest BCUT2D eigenvalue weighted by atomic mass is 10.2. The van der Waals surface area contributed by atoms with Crippen molar-refractivity contribution in [2.75, 3.05) is 14.1 Å². The zero-order chi connectivity index (χ0) is 18.2. The van der Waals surface area contributed by atoms with Crippen molar-refractivity contribution in [1.29, 1.82) is 0 Å². The van der Waals surface area contributed by atoms with E-state index in [1.54, 1.807) is 24.3 Å². The van der Waals surface area contributed by atoms with Gasteiger partial charge >= 0.3 is 20.2 Å². The predicted octanol–water partition coefficient (Wildman–Crippen LogP) is 0.0331. The van der Waals surface area contributed by atoms with Gasteiger partial charge in [-0.15, -0.1) is 9.19 Å². The Morgan fingerprint density at radius 1 is 0.960 bits per heavy atom. The van der Waals surface area contributed by atoms with Gasteiger partial charge in [0.05, 0.1) is 5.69 Å². The SMILES string of the molecule is CN(C)S(=O)(=O)n1cnc(S(=O)(=O)n2cnc(-c3ccccc3)c2)n1. The molecular weight excluding hydrogens is 368 g/mol.